The summed E-state index contributed by atoms with van der Waals surface area (Å²) in [4.78, 5) is 13.4. The fraction of sp³-hybridized carbons (Fsp3) is 0.385. The number of fused-ring (bicyclic) bond motifs is 1. The number of oxazole rings is 1. The molecule has 0 aliphatic carbocycles. The molecule has 1 saturated heterocycles. The van der Waals surface area contributed by atoms with Gasteiger partial charge < -0.3 is 14.3 Å². The van der Waals surface area contributed by atoms with Crippen LogP contribution in [0.4, 0.5) is 13.2 Å². The normalized spacial score (nSPS) is 16.4. The summed E-state index contributed by atoms with van der Waals surface area (Å²) in [5, 5.41) is 11.5. The highest BCUT2D eigenvalue weighted by Gasteiger charge is 2.30. The van der Waals surface area contributed by atoms with Gasteiger partial charge in [0.15, 0.2) is 0 Å². The first kappa shape index (κ1) is 25.7. The van der Waals surface area contributed by atoms with E-state index in [1.165, 1.54) is 12.1 Å². The third kappa shape index (κ3) is 6.48. The molecule has 0 saturated carbocycles. The van der Waals surface area contributed by atoms with E-state index in [-0.39, 0.29) is 6.61 Å². The van der Waals surface area contributed by atoms with Gasteiger partial charge in [-0.15, -0.1) is 11.3 Å². The van der Waals surface area contributed by atoms with Crippen LogP contribution < -0.4 is 4.74 Å². The summed E-state index contributed by atoms with van der Waals surface area (Å²) in [6, 6.07) is 10.6. The van der Waals surface area contributed by atoms with Crippen molar-refractivity contribution >= 4 is 21.6 Å². The number of aliphatic hydroxyl groups excluding tert-OH is 1. The zero-order chi connectivity index (χ0) is 26.0. The lowest BCUT2D eigenvalue weighted by atomic mass is 10.1. The number of halogens is 3. The minimum atomic E-state index is -4.37. The number of β-amino-alcohol motifs (C(OH)–C–C–N with tert-alkyl or cyclic N) is 1. The minimum Gasteiger partial charge on any atom is -0.491 e. The van der Waals surface area contributed by atoms with E-state index >= 15 is 0 Å². The molecule has 0 unspecified atom stereocenters. The highest BCUT2D eigenvalue weighted by Crippen LogP contribution is 2.31. The molecule has 0 amide bonds. The lowest BCUT2D eigenvalue weighted by Gasteiger charge is -2.35. The molecule has 2 aromatic carbocycles. The van der Waals surface area contributed by atoms with Gasteiger partial charge in [0, 0.05) is 50.9 Å². The van der Waals surface area contributed by atoms with Crippen molar-refractivity contribution in [1.29, 1.82) is 0 Å². The molecule has 1 atom stereocenters. The standard InChI is InChI=1S/C26H27F3N4O3S/c1-17-30-23-12-22(6-7-24(23)37-17)35-16-21(34)14-33-10-8-32(9-11-33)13-20-15-36-25(31-20)18-2-4-19(5-3-18)26(27,28)29/h2-7,12,15,21,34H,8-11,13-14,16H2,1H3/t21-/m1/s1. The Morgan fingerprint density at radius 1 is 1.05 bits per heavy atom. The number of hydrogen-bond donors (Lipinski definition) is 1. The Hall–Kier alpha value is -2.99. The molecule has 1 N–H and O–H groups in total. The topological polar surface area (TPSA) is 74.9 Å². The number of aromatic nitrogens is 2. The number of ether oxygens (including phenoxy) is 1. The fourth-order valence-electron chi connectivity index (χ4n) is 4.33. The van der Waals surface area contributed by atoms with E-state index in [9.17, 15) is 18.3 Å². The third-order valence-corrected chi connectivity index (χ3v) is 7.19. The van der Waals surface area contributed by atoms with Crippen molar-refractivity contribution < 1.29 is 27.4 Å². The van der Waals surface area contributed by atoms with Gasteiger partial charge in [0.05, 0.1) is 26.5 Å². The number of nitrogens with zero attached hydrogens (tertiary/aromatic N) is 4. The molecule has 0 radical (unpaired) electrons. The number of hydrogen-bond acceptors (Lipinski definition) is 8. The molecule has 11 heteroatoms. The van der Waals surface area contributed by atoms with Crippen molar-refractivity contribution in [3.8, 4) is 17.2 Å². The van der Waals surface area contributed by atoms with Crippen molar-refractivity contribution in [3.63, 3.8) is 0 Å². The molecule has 1 aliphatic heterocycles. The Kier molecular flexibility index (Phi) is 7.47. The molecule has 1 aliphatic rings. The van der Waals surface area contributed by atoms with Crippen LogP contribution in [0.1, 0.15) is 16.3 Å². The Bertz CT molecular complexity index is 1330. The van der Waals surface area contributed by atoms with E-state index in [0.717, 1.165) is 59.2 Å². The molecule has 37 heavy (non-hydrogen) atoms. The zero-order valence-corrected chi connectivity index (χ0v) is 21.1. The smallest absolute Gasteiger partial charge is 0.416 e. The Morgan fingerprint density at radius 3 is 2.51 bits per heavy atom. The van der Waals surface area contributed by atoms with Crippen molar-refractivity contribution in [1.82, 2.24) is 19.8 Å². The van der Waals surface area contributed by atoms with Crippen molar-refractivity contribution in [2.75, 3.05) is 39.3 Å². The van der Waals surface area contributed by atoms with Crippen molar-refractivity contribution in [2.45, 2.75) is 25.7 Å². The molecular weight excluding hydrogens is 505 g/mol. The Morgan fingerprint density at radius 2 is 1.78 bits per heavy atom. The summed E-state index contributed by atoms with van der Waals surface area (Å²) in [6.45, 7) is 6.49. The largest absolute Gasteiger partial charge is 0.491 e. The average Bonchev–Trinajstić information content (AvgIpc) is 3.49. The predicted molar refractivity (Wildman–Crippen MR) is 135 cm³/mol. The Balaban J connectivity index is 1.06. The second-order valence-electron chi connectivity index (χ2n) is 9.12. The lowest BCUT2D eigenvalue weighted by Crippen LogP contribution is -2.48. The molecule has 1 fully saturated rings. The molecule has 7 nitrogen and oxygen atoms in total. The number of benzene rings is 2. The maximum atomic E-state index is 12.8. The van der Waals surface area contributed by atoms with Gasteiger partial charge in [-0.05, 0) is 43.3 Å². The van der Waals surface area contributed by atoms with Gasteiger partial charge in [0.2, 0.25) is 5.89 Å². The first-order valence-electron chi connectivity index (χ1n) is 12.0. The van der Waals surface area contributed by atoms with Crippen LogP contribution in [0.25, 0.3) is 21.7 Å². The van der Waals surface area contributed by atoms with E-state index in [4.69, 9.17) is 9.15 Å². The summed E-state index contributed by atoms with van der Waals surface area (Å²) in [7, 11) is 0. The summed E-state index contributed by atoms with van der Waals surface area (Å²) in [5.41, 5.74) is 1.43. The van der Waals surface area contributed by atoms with Gasteiger partial charge >= 0.3 is 6.18 Å². The molecule has 4 aromatic rings. The lowest BCUT2D eigenvalue weighted by molar-refractivity contribution is -0.137. The van der Waals surface area contributed by atoms with Gasteiger partial charge in [0.25, 0.3) is 0 Å². The zero-order valence-electron chi connectivity index (χ0n) is 20.2. The molecule has 196 valence electrons. The highest BCUT2D eigenvalue weighted by atomic mass is 32.1. The van der Waals surface area contributed by atoms with Crippen molar-refractivity contribution in [2.24, 2.45) is 0 Å². The monoisotopic (exact) mass is 532 g/mol. The maximum absolute atomic E-state index is 12.8. The van der Waals surface area contributed by atoms with Gasteiger partial charge in [-0.2, -0.15) is 13.2 Å². The van der Waals surface area contributed by atoms with E-state index in [1.807, 2.05) is 25.1 Å². The summed E-state index contributed by atoms with van der Waals surface area (Å²) in [5.74, 6) is 1.000. The number of piperazine rings is 1. The molecule has 0 spiro atoms. The van der Waals surface area contributed by atoms with Crippen LogP contribution in [0.2, 0.25) is 0 Å². The van der Waals surface area contributed by atoms with Crippen LogP contribution in [-0.2, 0) is 12.7 Å². The van der Waals surface area contributed by atoms with Gasteiger partial charge in [-0.25, -0.2) is 9.97 Å². The summed E-state index contributed by atoms with van der Waals surface area (Å²) in [6.07, 6.45) is -3.44. The van der Waals surface area contributed by atoms with Crippen LogP contribution in [0.15, 0.2) is 53.1 Å². The second-order valence-corrected chi connectivity index (χ2v) is 10.4. The number of aryl methyl sites for hydroxylation is 1. The first-order valence-corrected chi connectivity index (χ1v) is 12.8. The number of thiazole rings is 1. The molecule has 2 aromatic heterocycles. The predicted octanol–water partition coefficient (Wildman–Crippen LogP) is 4.84. The van der Waals surface area contributed by atoms with E-state index < -0.39 is 17.8 Å². The van der Waals surface area contributed by atoms with E-state index in [1.54, 1.807) is 17.6 Å². The van der Waals surface area contributed by atoms with Crippen LogP contribution in [0.3, 0.4) is 0 Å². The molecule has 3 heterocycles. The Labute approximate surface area is 216 Å². The fourth-order valence-corrected chi connectivity index (χ4v) is 5.14. The third-order valence-electron chi connectivity index (χ3n) is 6.24. The van der Waals surface area contributed by atoms with Crippen LogP contribution in [-0.4, -0.2) is 70.3 Å². The number of rotatable bonds is 8. The van der Waals surface area contributed by atoms with Crippen LogP contribution in [0.5, 0.6) is 5.75 Å². The molecule has 0 bridgehead atoms. The SMILES string of the molecule is Cc1nc2cc(OC[C@H](O)CN3CCN(Cc4coc(-c5ccc(C(F)(F)F)cc5)n4)CC3)ccc2s1. The summed E-state index contributed by atoms with van der Waals surface area (Å²) < 4.78 is 50.7. The average molecular weight is 533 g/mol. The van der Waals surface area contributed by atoms with Crippen molar-refractivity contribution in [3.05, 3.63) is 65.0 Å². The van der Waals surface area contributed by atoms with Crippen LogP contribution >= 0.6 is 11.3 Å². The van der Waals surface area contributed by atoms with Crippen LogP contribution in [0, 0.1) is 6.92 Å². The number of alkyl halides is 3. The second kappa shape index (κ2) is 10.8. The highest BCUT2D eigenvalue weighted by molar-refractivity contribution is 7.18. The quantitative estimate of drug-likeness (QED) is 0.348. The van der Waals surface area contributed by atoms with E-state index in [0.29, 0.717) is 30.3 Å². The molecule has 5 rings (SSSR count). The minimum absolute atomic E-state index is 0.209. The molecular formula is C26H27F3N4O3S. The summed E-state index contributed by atoms with van der Waals surface area (Å²) >= 11 is 1.64. The van der Waals surface area contributed by atoms with Gasteiger partial charge in [-0.1, -0.05) is 0 Å². The first-order chi connectivity index (χ1) is 17.7. The van der Waals surface area contributed by atoms with Gasteiger partial charge in [0.1, 0.15) is 24.7 Å². The number of aliphatic hydroxyl groups is 1. The maximum Gasteiger partial charge on any atom is 0.416 e. The van der Waals surface area contributed by atoms with Gasteiger partial charge in [-0.3, -0.25) is 9.80 Å². The van der Waals surface area contributed by atoms with E-state index in [2.05, 4.69) is 19.8 Å².